The van der Waals surface area contributed by atoms with E-state index in [1.54, 1.807) is 0 Å². The van der Waals surface area contributed by atoms with E-state index in [-0.39, 0.29) is 7.43 Å². The molecule has 370 valence electrons. The van der Waals surface area contributed by atoms with E-state index in [9.17, 15) is 0 Å². The summed E-state index contributed by atoms with van der Waals surface area (Å²) in [5, 5.41) is 10.9. The van der Waals surface area contributed by atoms with Crippen molar-refractivity contribution in [2.24, 2.45) is 58.2 Å². The maximum Gasteiger partial charge on any atom is 0.0227 e. The Balaban J connectivity index is -0.000000211. The summed E-state index contributed by atoms with van der Waals surface area (Å²) >= 11 is 2.23. The quantitative estimate of drug-likeness (QED) is 0.227. The van der Waals surface area contributed by atoms with Crippen LogP contribution < -0.4 is 16.0 Å². The third kappa shape index (κ3) is 22.9. The van der Waals surface area contributed by atoms with Gasteiger partial charge in [-0.15, -0.1) is 0 Å². The molecule has 0 unspecified atom stereocenters. The zero-order valence-electron chi connectivity index (χ0n) is 46.0. The molecule has 0 aliphatic carbocycles. The topological polar surface area (TPSA) is 36.1 Å². The summed E-state index contributed by atoms with van der Waals surface area (Å²) in [7, 11) is 0. The lowest BCUT2D eigenvalue weighted by Crippen LogP contribution is -2.53. The van der Waals surface area contributed by atoms with E-state index in [1.807, 2.05) is 55.4 Å². The van der Waals surface area contributed by atoms with E-state index >= 15 is 0 Å². The SMILES string of the molecule is C.CC.CC.CC.CC.CC(C)C1(C(C)C)CCCCCN1.CC(C)C1(C(C)C)CCCCNC1.CC(C)C1(C(C)C)CCCCS1.CC(C)C1(C(C)C)CCCNCC1. The van der Waals surface area contributed by atoms with Crippen molar-refractivity contribution in [3.05, 3.63) is 0 Å². The van der Waals surface area contributed by atoms with E-state index in [4.69, 9.17) is 0 Å². The van der Waals surface area contributed by atoms with Gasteiger partial charge in [0.25, 0.3) is 0 Å². The van der Waals surface area contributed by atoms with E-state index in [0.29, 0.717) is 21.1 Å². The molecule has 0 aromatic carbocycles. The van der Waals surface area contributed by atoms with E-state index in [2.05, 4.69) is 138 Å². The van der Waals surface area contributed by atoms with Gasteiger partial charge in [0, 0.05) is 16.8 Å². The summed E-state index contributed by atoms with van der Waals surface area (Å²) in [5.74, 6) is 7.83. The van der Waals surface area contributed by atoms with Crippen molar-refractivity contribution in [2.75, 3.05) is 38.5 Å². The van der Waals surface area contributed by atoms with Gasteiger partial charge < -0.3 is 16.0 Å². The summed E-state index contributed by atoms with van der Waals surface area (Å²) in [6, 6.07) is 0. The summed E-state index contributed by atoms with van der Waals surface area (Å²) in [6.45, 7) is 60.2. The van der Waals surface area contributed by atoms with Gasteiger partial charge in [-0.1, -0.05) is 199 Å². The van der Waals surface area contributed by atoms with Crippen molar-refractivity contribution < 1.29 is 0 Å². The first-order valence-electron chi connectivity index (χ1n) is 26.7. The van der Waals surface area contributed by atoms with E-state index in [0.717, 1.165) is 47.3 Å². The third-order valence-corrected chi connectivity index (χ3v) is 17.3. The molecule has 60 heavy (non-hydrogen) atoms. The zero-order valence-corrected chi connectivity index (χ0v) is 46.8. The van der Waals surface area contributed by atoms with Gasteiger partial charge in [0.2, 0.25) is 0 Å². The Kier molecular flexibility index (Phi) is 45.7. The smallest absolute Gasteiger partial charge is 0.0227 e. The van der Waals surface area contributed by atoms with Crippen molar-refractivity contribution in [3.63, 3.8) is 0 Å². The fourth-order valence-corrected chi connectivity index (χ4v) is 12.6. The average molecular weight is 873 g/mol. The molecule has 4 aliphatic rings. The molecule has 4 heteroatoms. The number of hydrogen-bond acceptors (Lipinski definition) is 4. The van der Waals surface area contributed by atoms with Gasteiger partial charge in [-0.3, -0.25) is 0 Å². The molecule has 0 amide bonds. The monoisotopic (exact) mass is 872 g/mol. The summed E-state index contributed by atoms with van der Waals surface area (Å²) < 4.78 is 0.595. The molecule has 4 fully saturated rings. The van der Waals surface area contributed by atoms with Crippen LogP contribution in [0.1, 0.15) is 257 Å². The van der Waals surface area contributed by atoms with Crippen LogP contribution in [0.25, 0.3) is 0 Å². The lowest BCUT2D eigenvalue weighted by Gasteiger charge is -2.43. The van der Waals surface area contributed by atoms with Gasteiger partial charge in [-0.05, 0) is 148 Å². The van der Waals surface area contributed by atoms with Crippen LogP contribution in [0.3, 0.4) is 0 Å². The highest BCUT2D eigenvalue weighted by Gasteiger charge is 2.40. The van der Waals surface area contributed by atoms with Crippen LogP contribution in [0.15, 0.2) is 0 Å². The van der Waals surface area contributed by atoms with Crippen molar-refractivity contribution in [1.29, 1.82) is 0 Å². The number of hydrogen-bond donors (Lipinski definition) is 3. The highest BCUT2D eigenvalue weighted by molar-refractivity contribution is 8.00. The van der Waals surface area contributed by atoms with Gasteiger partial charge in [0.15, 0.2) is 0 Å². The van der Waals surface area contributed by atoms with E-state index < -0.39 is 0 Å². The predicted octanol–water partition coefficient (Wildman–Crippen LogP) is 18.0. The Morgan fingerprint density at radius 2 is 0.767 bits per heavy atom. The van der Waals surface area contributed by atoms with Gasteiger partial charge in [-0.25, -0.2) is 0 Å². The molecule has 0 atom stereocenters. The first-order chi connectivity index (χ1) is 27.9. The van der Waals surface area contributed by atoms with Gasteiger partial charge in [-0.2, -0.15) is 11.8 Å². The maximum atomic E-state index is 3.79. The minimum atomic E-state index is 0. The van der Waals surface area contributed by atoms with Crippen molar-refractivity contribution in [2.45, 2.75) is 267 Å². The van der Waals surface area contributed by atoms with Gasteiger partial charge in [0.05, 0.1) is 0 Å². The largest absolute Gasteiger partial charge is 0.317 e. The first kappa shape index (κ1) is 69.3. The molecule has 0 saturated carbocycles. The van der Waals surface area contributed by atoms with Gasteiger partial charge in [0.1, 0.15) is 0 Å². The van der Waals surface area contributed by atoms with Gasteiger partial charge >= 0.3 is 0 Å². The molecule has 0 bridgehead atoms. The third-order valence-electron chi connectivity index (χ3n) is 15.1. The second kappa shape index (κ2) is 39.6. The van der Waals surface area contributed by atoms with Crippen LogP contribution in [-0.4, -0.2) is 48.8 Å². The second-order valence-corrected chi connectivity index (χ2v) is 21.4. The lowest BCUT2D eigenvalue weighted by molar-refractivity contribution is 0.0930. The second-order valence-electron chi connectivity index (χ2n) is 20.0. The Labute approximate surface area is 390 Å². The molecular weight excluding hydrogens is 747 g/mol. The molecule has 4 saturated heterocycles. The van der Waals surface area contributed by atoms with Crippen LogP contribution in [-0.2, 0) is 0 Å². The summed E-state index contributed by atoms with van der Waals surface area (Å²) in [6.07, 6.45) is 18.2. The maximum absolute atomic E-state index is 3.79. The van der Waals surface area contributed by atoms with E-state index in [1.165, 1.54) is 122 Å². The molecule has 0 aromatic rings. The van der Waals surface area contributed by atoms with Crippen molar-refractivity contribution >= 4 is 11.8 Å². The molecule has 0 aromatic heterocycles. The van der Waals surface area contributed by atoms with Crippen LogP contribution in [0.5, 0.6) is 0 Å². The normalized spacial score (nSPS) is 20.4. The fraction of sp³-hybridized carbons (Fsp3) is 1.00. The molecule has 4 aliphatic heterocycles. The average Bonchev–Trinajstić information content (AvgIpc) is 3.77. The molecule has 0 radical (unpaired) electrons. The Bertz CT molecular complexity index is 718. The minimum absolute atomic E-state index is 0. The zero-order chi connectivity index (χ0) is 46.9. The number of rotatable bonds is 8. The molecule has 3 nitrogen and oxygen atoms in total. The van der Waals surface area contributed by atoms with Crippen molar-refractivity contribution in [3.8, 4) is 0 Å². The first-order valence-corrected chi connectivity index (χ1v) is 27.7. The van der Waals surface area contributed by atoms with Crippen LogP contribution in [0.2, 0.25) is 0 Å². The predicted molar refractivity (Wildman–Crippen MR) is 287 cm³/mol. The number of nitrogens with one attached hydrogen (secondary N) is 3. The Morgan fingerprint density at radius 3 is 1.17 bits per heavy atom. The Hall–Kier alpha value is 0.230. The fourth-order valence-electron chi connectivity index (χ4n) is 10.9. The Morgan fingerprint density at radius 1 is 0.350 bits per heavy atom. The van der Waals surface area contributed by atoms with Crippen LogP contribution in [0, 0.1) is 58.2 Å². The molecule has 0 spiro atoms. The molecule has 4 rings (SSSR count). The highest BCUT2D eigenvalue weighted by atomic mass is 32.2. The standard InChI is InChI=1S/3C12H25N.C11H22S.4C2H6.CH4/c1-10(2)12(11(3)4)6-5-8-13-9-7-12;1-10(2)12(11(3)4)7-5-6-8-13-9-12;1-10(2)12(11(3)4)8-6-5-7-9-13-12;1-9(2)11(10(3)4)7-5-6-8-12-11;4*1-2;/h3*10-11,13H,5-9H2,1-4H3;9-10H,5-8H2,1-4H3;4*1-2H3;1H4. The summed E-state index contributed by atoms with van der Waals surface area (Å²) in [5.41, 5.74) is 1.57. The highest BCUT2D eigenvalue weighted by Crippen LogP contribution is 2.47. The number of thioether (sulfide) groups is 1. The minimum Gasteiger partial charge on any atom is -0.317 e. The molecule has 3 N–H and O–H groups in total. The molecular formula is C56H125N3S. The van der Waals surface area contributed by atoms with Crippen LogP contribution >= 0.6 is 11.8 Å². The summed E-state index contributed by atoms with van der Waals surface area (Å²) in [4.78, 5) is 0. The molecule has 4 heterocycles. The lowest BCUT2D eigenvalue weighted by atomic mass is 9.64. The van der Waals surface area contributed by atoms with Crippen molar-refractivity contribution in [1.82, 2.24) is 16.0 Å². The van der Waals surface area contributed by atoms with Crippen LogP contribution in [0.4, 0.5) is 0 Å².